The van der Waals surface area contributed by atoms with Crippen LogP contribution in [-0.2, 0) is 6.54 Å². The Balaban J connectivity index is 2.08. The van der Waals surface area contributed by atoms with Crippen molar-refractivity contribution in [2.45, 2.75) is 31.6 Å². The molecule has 1 aliphatic carbocycles. The lowest BCUT2D eigenvalue weighted by atomic mass is 10.2. The van der Waals surface area contributed by atoms with Crippen molar-refractivity contribution in [2.24, 2.45) is 0 Å². The van der Waals surface area contributed by atoms with E-state index >= 15 is 0 Å². The maximum absolute atomic E-state index is 12.5. The Labute approximate surface area is 117 Å². The molecule has 0 heterocycles. The van der Waals surface area contributed by atoms with Gasteiger partial charge in [-0.3, -0.25) is 4.90 Å². The van der Waals surface area contributed by atoms with Crippen LogP contribution in [0.15, 0.2) is 22.7 Å². The summed E-state index contributed by atoms with van der Waals surface area (Å²) >= 11 is 9.31. The fraction of sp³-hybridized carbons (Fsp3) is 0.500. The summed E-state index contributed by atoms with van der Waals surface area (Å²) in [6.45, 7) is -0.625. The molecule has 0 aliphatic heterocycles. The molecule has 1 aromatic rings. The molecule has 1 fully saturated rings. The van der Waals surface area contributed by atoms with Gasteiger partial charge in [-0.2, -0.15) is 13.2 Å². The van der Waals surface area contributed by atoms with Crippen LogP contribution in [0.3, 0.4) is 0 Å². The minimum absolute atomic E-state index is 0.0475. The van der Waals surface area contributed by atoms with Crippen LogP contribution in [0.5, 0.6) is 0 Å². The number of rotatable bonds is 4. The normalized spacial score (nSPS) is 16.3. The van der Waals surface area contributed by atoms with Gasteiger partial charge >= 0.3 is 6.18 Å². The molecule has 0 unspecified atom stereocenters. The van der Waals surface area contributed by atoms with Crippen LogP contribution in [0.4, 0.5) is 13.2 Å². The van der Waals surface area contributed by atoms with Gasteiger partial charge in [0.25, 0.3) is 0 Å². The van der Waals surface area contributed by atoms with E-state index in [1.807, 2.05) is 0 Å². The SMILES string of the molecule is FC(F)(F)CN(Cc1ccc(Br)cc1Cl)C1CC1. The summed E-state index contributed by atoms with van der Waals surface area (Å²) in [6.07, 6.45) is -2.49. The third-order valence-electron chi connectivity index (χ3n) is 2.83. The number of benzene rings is 1. The van der Waals surface area contributed by atoms with Crippen molar-refractivity contribution in [1.82, 2.24) is 4.90 Å². The molecule has 0 N–H and O–H groups in total. The summed E-state index contributed by atoms with van der Waals surface area (Å²) in [5.74, 6) is 0. The van der Waals surface area contributed by atoms with Crippen LogP contribution in [-0.4, -0.2) is 23.7 Å². The minimum atomic E-state index is -4.16. The molecule has 0 amide bonds. The highest BCUT2D eigenvalue weighted by Gasteiger charge is 2.38. The van der Waals surface area contributed by atoms with E-state index in [1.54, 1.807) is 18.2 Å². The van der Waals surface area contributed by atoms with Crippen molar-refractivity contribution in [3.63, 3.8) is 0 Å². The van der Waals surface area contributed by atoms with Crippen LogP contribution in [0.1, 0.15) is 18.4 Å². The second kappa shape index (κ2) is 5.39. The molecule has 1 aliphatic rings. The Kier molecular flexibility index (Phi) is 4.24. The number of hydrogen-bond acceptors (Lipinski definition) is 1. The molecular formula is C12H12BrClF3N. The first-order chi connectivity index (χ1) is 8.35. The van der Waals surface area contributed by atoms with Crippen LogP contribution in [0.25, 0.3) is 0 Å². The zero-order chi connectivity index (χ0) is 13.3. The summed E-state index contributed by atoms with van der Waals surface area (Å²) in [7, 11) is 0. The van der Waals surface area contributed by atoms with Gasteiger partial charge in [0.15, 0.2) is 0 Å². The minimum Gasteiger partial charge on any atom is -0.288 e. The molecule has 0 atom stereocenters. The summed E-state index contributed by atoms with van der Waals surface area (Å²) in [4.78, 5) is 1.45. The molecule has 6 heteroatoms. The molecule has 0 saturated heterocycles. The second-order valence-corrected chi connectivity index (χ2v) is 5.81. The summed E-state index contributed by atoms with van der Waals surface area (Å²) < 4.78 is 38.3. The fourth-order valence-corrected chi connectivity index (χ4v) is 2.59. The average Bonchev–Trinajstić information content (AvgIpc) is 3.02. The standard InChI is InChI=1S/C12H12BrClF3N/c13-9-2-1-8(11(14)5-9)6-18(10-3-4-10)7-12(15,16)17/h1-2,5,10H,3-4,6-7H2. The van der Waals surface area contributed by atoms with E-state index < -0.39 is 12.7 Å². The number of nitrogens with zero attached hydrogens (tertiary/aromatic N) is 1. The van der Waals surface area contributed by atoms with Gasteiger partial charge < -0.3 is 0 Å². The van der Waals surface area contributed by atoms with E-state index in [1.165, 1.54) is 4.90 Å². The Bertz CT molecular complexity index is 432. The third-order valence-corrected chi connectivity index (χ3v) is 3.68. The topological polar surface area (TPSA) is 3.24 Å². The first-order valence-electron chi connectivity index (χ1n) is 5.60. The number of hydrogen-bond donors (Lipinski definition) is 0. The molecular weight excluding hydrogens is 330 g/mol. The maximum Gasteiger partial charge on any atom is 0.401 e. The Morgan fingerprint density at radius 2 is 2.00 bits per heavy atom. The Morgan fingerprint density at radius 1 is 1.33 bits per heavy atom. The van der Waals surface area contributed by atoms with Crippen LogP contribution in [0, 0.1) is 0 Å². The first-order valence-corrected chi connectivity index (χ1v) is 6.77. The van der Waals surface area contributed by atoms with Crippen molar-refractivity contribution >= 4 is 27.5 Å². The predicted octanol–water partition coefficient (Wildman–Crippen LogP) is 4.63. The second-order valence-electron chi connectivity index (χ2n) is 4.49. The van der Waals surface area contributed by atoms with Gasteiger partial charge in [0, 0.05) is 22.1 Å². The monoisotopic (exact) mass is 341 g/mol. The molecule has 1 nitrogen and oxygen atoms in total. The number of halogens is 5. The van der Waals surface area contributed by atoms with Crippen LogP contribution in [0.2, 0.25) is 5.02 Å². The van der Waals surface area contributed by atoms with Crippen LogP contribution >= 0.6 is 27.5 Å². The lowest BCUT2D eigenvalue weighted by molar-refractivity contribution is -0.148. The molecule has 18 heavy (non-hydrogen) atoms. The van der Waals surface area contributed by atoms with Gasteiger partial charge in [0.1, 0.15) is 0 Å². The van der Waals surface area contributed by atoms with Crippen molar-refractivity contribution in [1.29, 1.82) is 0 Å². The smallest absolute Gasteiger partial charge is 0.288 e. The quantitative estimate of drug-likeness (QED) is 0.771. The highest BCUT2D eigenvalue weighted by Crippen LogP contribution is 2.33. The molecule has 0 spiro atoms. The van der Waals surface area contributed by atoms with Crippen molar-refractivity contribution < 1.29 is 13.2 Å². The van der Waals surface area contributed by atoms with E-state index in [0.717, 1.165) is 22.9 Å². The van der Waals surface area contributed by atoms with Crippen LogP contribution < -0.4 is 0 Å². The lowest BCUT2D eigenvalue weighted by Gasteiger charge is -2.23. The molecule has 0 aromatic heterocycles. The lowest BCUT2D eigenvalue weighted by Crippen LogP contribution is -2.35. The van der Waals surface area contributed by atoms with Gasteiger partial charge in [-0.1, -0.05) is 33.6 Å². The molecule has 1 aromatic carbocycles. The van der Waals surface area contributed by atoms with Crippen molar-refractivity contribution in [2.75, 3.05) is 6.54 Å². The van der Waals surface area contributed by atoms with E-state index in [9.17, 15) is 13.2 Å². The average molecular weight is 343 g/mol. The van der Waals surface area contributed by atoms with Crippen molar-refractivity contribution in [3.05, 3.63) is 33.3 Å². The Hall–Kier alpha value is -0.260. The van der Waals surface area contributed by atoms with Gasteiger partial charge in [0.05, 0.1) is 6.54 Å². The largest absolute Gasteiger partial charge is 0.401 e. The Morgan fingerprint density at radius 3 is 2.50 bits per heavy atom. The summed E-state index contributed by atoms with van der Waals surface area (Å²) in [5.41, 5.74) is 0.732. The van der Waals surface area contributed by atoms with E-state index in [4.69, 9.17) is 11.6 Å². The third kappa shape index (κ3) is 4.14. The van der Waals surface area contributed by atoms with E-state index in [2.05, 4.69) is 15.9 Å². The summed E-state index contributed by atoms with van der Waals surface area (Å²) in [5, 5.41) is 0.497. The zero-order valence-corrected chi connectivity index (χ0v) is 11.8. The van der Waals surface area contributed by atoms with Gasteiger partial charge in [0.2, 0.25) is 0 Å². The van der Waals surface area contributed by atoms with Gasteiger partial charge in [-0.25, -0.2) is 0 Å². The summed E-state index contributed by atoms with van der Waals surface area (Å²) in [6, 6.07) is 5.31. The first kappa shape index (κ1) is 14.2. The highest BCUT2D eigenvalue weighted by atomic mass is 79.9. The molecule has 1 saturated carbocycles. The highest BCUT2D eigenvalue weighted by molar-refractivity contribution is 9.10. The maximum atomic E-state index is 12.5. The molecule has 0 radical (unpaired) electrons. The van der Waals surface area contributed by atoms with E-state index in [-0.39, 0.29) is 12.6 Å². The molecule has 0 bridgehead atoms. The van der Waals surface area contributed by atoms with Crippen molar-refractivity contribution in [3.8, 4) is 0 Å². The van der Waals surface area contributed by atoms with E-state index in [0.29, 0.717) is 5.02 Å². The zero-order valence-electron chi connectivity index (χ0n) is 9.47. The van der Waals surface area contributed by atoms with Gasteiger partial charge in [-0.05, 0) is 30.5 Å². The molecule has 100 valence electrons. The molecule has 2 rings (SSSR count). The fourth-order valence-electron chi connectivity index (χ4n) is 1.85. The van der Waals surface area contributed by atoms with Gasteiger partial charge in [-0.15, -0.1) is 0 Å². The predicted molar refractivity (Wildman–Crippen MR) is 68.6 cm³/mol. The number of alkyl halides is 3.